The number of hydrogen-bond donors (Lipinski definition) is 0. The molecule has 0 spiro atoms. The van der Waals surface area contributed by atoms with E-state index in [0.29, 0.717) is 25.9 Å². The molecule has 0 N–H and O–H groups in total. The molecule has 0 aliphatic rings. The van der Waals surface area contributed by atoms with Crippen LogP contribution >= 0.6 is 33.2 Å². The van der Waals surface area contributed by atoms with Crippen molar-refractivity contribution in [3.05, 3.63) is 7.11 Å². The van der Waals surface area contributed by atoms with Gasteiger partial charge in [-0.05, 0) is 12.5 Å². The molecule has 0 aromatic carbocycles. The Morgan fingerprint density at radius 1 is 1.08 bits per heavy atom. The molecular formula is C6H12Cl3O2Si. The Morgan fingerprint density at radius 2 is 1.75 bits per heavy atom. The second-order valence-electron chi connectivity index (χ2n) is 2.24. The van der Waals surface area contributed by atoms with Gasteiger partial charge in [0, 0.05) is 6.61 Å². The third-order valence-electron chi connectivity index (χ3n) is 1.12. The van der Waals surface area contributed by atoms with Gasteiger partial charge < -0.3 is 9.47 Å². The van der Waals surface area contributed by atoms with Gasteiger partial charge in [-0.25, -0.2) is 0 Å². The van der Waals surface area contributed by atoms with Crippen LogP contribution in [-0.4, -0.2) is 25.8 Å². The Balaban J connectivity index is 3.01. The molecule has 0 aliphatic heterocycles. The van der Waals surface area contributed by atoms with Crippen molar-refractivity contribution >= 4 is 39.2 Å². The number of halogens is 3. The van der Waals surface area contributed by atoms with Gasteiger partial charge in [-0.3, -0.25) is 0 Å². The van der Waals surface area contributed by atoms with E-state index < -0.39 is 6.00 Å². The first kappa shape index (κ1) is 13.0. The summed E-state index contributed by atoms with van der Waals surface area (Å²) in [4.78, 5) is 0. The average Bonchev–Trinajstić information content (AvgIpc) is 1.94. The monoisotopic (exact) mass is 249 g/mol. The molecule has 0 saturated carbocycles. The van der Waals surface area contributed by atoms with Crippen LogP contribution in [0.3, 0.4) is 0 Å². The number of hydrogen-bond acceptors (Lipinski definition) is 2. The van der Waals surface area contributed by atoms with Crippen molar-refractivity contribution in [3.8, 4) is 0 Å². The molecule has 0 unspecified atom stereocenters. The standard InChI is InChI=1S/C6H12Cl3O2Si/c1-10-4-5-11-3-2-6-12(7,8)9/h1-6H2. The molecule has 73 valence electrons. The molecule has 6 heteroatoms. The van der Waals surface area contributed by atoms with Crippen LogP contribution in [0.25, 0.3) is 0 Å². The molecule has 0 fully saturated rings. The SMILES string of the molecule is [CH2]OCCOCCC[Si](Cl)(Cl)Cl. The van der Waals surface area contributed by atoms with Crippen molar-refractivity contribution in [2.24, 2.45) is 0 Å². The second kappa shape index (κ2) is 7.41. The van der Waals surface area contributed by atoms with E-state index in [9.17, 15) is 0 Å². The van der Waals surface area contributed by atoms with Crippen LogP contribution in [0.5, 0.6) is 0 Å². The van der Waals surface area contributed by atoms with Crippen LogP contribution in [-0.2, 0) is 9.47 Å². The first-order valence-corrected chi connectivity index (χ1v) is 8.82. The molecule has 0 aromatic rings. The molecule has 0 heterocycles. The van der Waals surface area contributed by atoms with Crippen LogP contribution in [0.1, 0.15) is 6.42 Å². The van der Waals surface area contributed by atoms with Crippen LogP contribution in [0.2, 0.25) is 6.04 Å². The highest BCUT2D eigenvalue weighted by Crippen LogP contribution is 2.26. The summed E-state index contributed by atoms with van der Waals surface area (Å²) in [7, 11) is 3.21. The fourth-order valence-electron chi connectivity index (χ4n) is 0.595. The summed E-state index contributed by atoms with van der Waals surface area (Å²) in [5, 5.41) is 0. The van der Waals surface area contributed by atoms with Gasteiger partial charge in [0.25, 0.3) is 0 Å². The van der Waals surface area contributed by atoms with Gasteiger partial charge in [-0.1, -0.05) is 0 Å². The third kappa shape index (κ3) is 11.0. The fraction of sp³-hybridized carbons (Fsp3) is 0.833. The van der Waals surface area contributed by atoms with Crippen molar-refractivity contribution in [2.75, 3.05) is 19.8 Å². The lowest BCUT2D eigenvalue weighted by Crippen LogP contribution is -2.10. The van der Waals surface area contributed by atoms with E-state index in [1.165, 1.54) is 0 Å². The molecule has 0 bridgehead atoms. The molecule has 12 heavy (non-hydrogen) atoms. The maximum absolute atomic E-state index is 5.65. The summed E-state index contributed by atoms with van der Waals surface area (Å²) in [5.41, 5.74) is 0. The Morgan fingerprint density at radius 3 is 2.25 bits per heavy atom. The van der Waals surface area contributed by atoms with Gasteiger partial charge in [-0.2, -0.15) is 0 Å². The molecule has 2 nitrogen and oxygen atoms in total. The van der Waals surface area contributed by atoms with Gasteiger partial charge in [0.1, 0.15) is 0 Å². The Kier molecular flexibility index (Phi) is 8.04. The fourth-order valence-corrected chi connectivity index (χ4v) is 2.34. The van der Waals surface area contributed by atoms with E-state index in [1.54, 1.807) is 0 Å². The Labute approximate surface area is 88.2 Å². The quantitative estimate of drug-likeness (QED) is 0.393. The van der Waals surface area contributed by atoms with E-state index in [0.717, 1.165) is 6.42 Å². The van der Waals surface area contributed by atoms with Gasteiger partial charge in [0.2, 0.25) is 0 Å². The maximum Gasteiger partial charge on any atom is 0.341 e. The third-order valence-corrected chi connectivity index (χ3v) is 3.74. The van der Waals surface area contributed by atoms with Crippen LogP contribution in [0.15, 0.2) is 0 Å². The lowest BCUT2D eigenvalue weighted by molar-refractivity contribution is 0.0833. The van der Waals surface area contributed by atoms with E-state index >= 15 is 0 Å². The highest BCUT2D eigenvalue weighted by atomic mass is 35.8. The lowest BCUT2D eigenvalue weighted by Gasteiger charge is -2.07. The predicted octanol–water partition coefficient (Wildman–Crippen LogP) is 2.86. The van der Waals surface area contributed by atoms with Crippen molar-refractivity contribution in [1.29, 1.82) is 0 Å². The summed E-state index contributed by atoms with van der Waals surface area (Å²) < 4.78 is 9.70. The number of rotatable bonds is 7. The minimum atomic E-state index is -2.43. The van der Waals surface area contributed by atoms with Gasteiger partial charge >= 0.3 is 6.00 Å². The minimum Gasteiger partial charge on any atom is -0.379 e. The van der Waals surface area contributed by atoms with Crippen LogP contribution < -0.4 is 0 Å². The zero-order chi connectivity index (χ0) is 9.45. The van der Waals surface area contributed by atoms with E-state index in [4.69, 9.17) is 38.0 Å². The largest absolute Gasteiger partial charge is 0.379 e. The van der Waals surface area contributed by atoms with Gasteiger partial charge in [0.05, 0.1) is 20.3 Å². The van der Waals surface area contributed by atoms with Crippen molar-refractivity contribution < 1.29 is 9.47 Å². The number of ether oxygens (including phenoxy) is 2. The molecule has 0 amide bonds. The van der Waals surface area contributed by atoms with Crippen molar-refractivity contribution in [1.82, 2.24) is 0 Å². The zero-order valence-electron chi connectivity index (χ0n) is 6.69. The van der Waals surface area contributed by atoms with E-state index in [-0.39, 0.29) is 0 Å². The molecule has 0 saturated heterocycles. The van der Waals surface area contributed by atoms with Gasteiger partial charge in [-0.15, -0.1) is 33.2 Å². The van der Waals surface area contributed by atoms with Crippen molar-refractivity contribution in [3.63, 3.8) is 0 Å². The normalized spacial score (nSPS) is 12.0. The molecule has 1 radical (unpaired) electrons. The highest BCUT2D eigenvalue weighted by molar-refractivity contribution is 7.64. The molecular weight excluding hydrogens is 239 g/mol. The summed E-state index contributed by atoms with van der Waals surface area (Å²) >= 11 is 17.0. The minimum absolute atomic E-state index is 0.505. The molecule has 0 aliphatic carbocycles. The predicted molar refractivity (Wildman–Crippen MR) is 54.9 cm³/mol. The summed E-state index contributed by atoms with van der Waals surface area (Å²) in [6.07, 6.45) is 0.792. The lowest BCUT2D eigenvalue weighted by atomic mass is 10.5. The molecule has 0 rings (SSSR count). The smallest absolute Gasteiger partial charge is 0.341 e. The topological polar surface area (TPSA) is 18.5 Å². The van der Waals surface area contributed by atoms with Crippen molar-refractivity contribution in [2.45, 2.75) is 12.5 Å². The Hall–Kier alpha value is 1.01. The molecule has 0 atom stereocenters. The average molecular weight is 251 g/mol. The maximum atomic E-state index is 5.65. The Bertz CT molecular complexity index is 107. The first-order valence-electron chi connectivity index (χ1n) is 3.58. The summed E-state index contributed by atoms with van der Waals surface area (Å²) in [5.74, 6) is 0. The zero-order valence-corrected chi connectivity index (χ0v) is 9.96. The first-order chi connectivity index (χ1) is 5.56. The molecule has 0 aromatic heterocycles. The summed E-state index contributed by atoms with van der Waals surface area (Å²) in [6.45, 7) is 1.67. The van der Waals surface area contributed by atoms with Crippen LogP contribution in [0.4, 0.5) is 0 Å². The van der Waals surface area contributed by atoms with E-state index in [2.05, 4.69) is 11.8 Å². The van der Waals surface area contributed by atoms with E-state index in [1.807, 2.05) is 0 Å². The van der Waals surface area contributed by atoms with Gasteiger partial charge in [0.15, 0.2) is 0 Å². The second-order valence-corrected chi connectivity index (χ2v) is 11.5. The van der Waals surface area contributed by atoms with Crippen LogP contribution in [0, 0.1) is 7.11 Å². The summed E-state index contributed by atoms with van der Waals surface area (Å²) in [6, 6.07) is -1.79. The highest BCUT2D eigenvalue weighted by Gasteiger charge is 2.23.